The Morgan fingerprint density at radius 2 is 1.88 bits per heavy atom. The molecule has 0 radical (unpaired) electrons. The molecule has 0 aromatic heterocycles. The second-order valence-electron chi connectivity index (χ2n) is 3.35. The largest absolute Gasteiger partial charge is 0.242 e. The fourth-order valence-corrected chi connectivity index (χ4v) is 2.89. The molecule has 0 atom stereocenters. The van der Waals surface area contributed by atoms with E-state index in [0.717, 1.165) is 12.1 Å². The summed E-state index contributed by atoms with van der Waals surface area (Å²) in [5, 5.41) is 8.32. The number of rotatable bonds is 3. The minimum absolute atomic E-state index is 0.0316. The zero-order valence-electron chi connectivity index (χ0n) is 8.91. The van der Waals surface area contributed by atoms with Gasteiger partial charge in [-0.25, -0.2) is 12.8 Å². The lowest BCUT2D eigenvalue weighted by atomic mass is 10.1. The van der Waals surface area contributed by atoms with Crippen LogP contribution >= 0.6 is 0 Å². The predicted octanol–water partition coefficient (Wildman–Crippen LogP) is 1.24. The number of halogens is 1. The van der Waals surface area contributed by atoms with Crippen LogP contribution < -0.4 is 4.72 Å². The van der Waals surface area contributed by atoms with Gasteiger partial charge in [0.2, 0.25) is 10.0 Å². The predicted molar refractivity (Wildman–Crippen MR) is 56.7 cm³/mol. The molecular weight excluding hydrogens is 231 g/mol. The number of aryl methyl sites for hydroxylation is 2. The summed E-state index contributed by atoms with van der Waals surface area (Å²) in [6.07, 6.45) is 0. The van der Waals surface area contributed by atoms with Gasteiger partial charge in [0.15, 0.2) is 0 Å². The second kappa shape index (κ2) is 4.60. The molecule has 86 valence electrons. The first-order chi connectivity index (χ1) is 7.38. The summed E-state index contributed by atoms with van der Waals surface area (Å²) in [4.78, 5) is 0.0316. The van der Waals surface area contributed by atoms with Gasteiger partial charge < -0.3 is 0 Å². The Hall–Kier alpha value is -1.45. The van der Waals surface area contributed by atoms with E-state index in [0.29, 0.717) is 11.1 Å². The smallest absolute Gasteiger partial charge is 0.207 e. The quantitative estimate of drug-likeness (QED) is 0.811. The number of sulfonamides is 1. The van der Waals surface area contributed by atoms with Crippen LogP contribution in [0.25, 0.3) is 0 Å². The fraction of sp³-hybridized carbons (Fsp3) is 0.300. The molecule has 1 N–H and O–H groups in total. The van der Waals surface area contributed by atoms with E-state index in [1.54, 1.807) is 6.07 Å². The average Bonchev–Trinajstić information content (AvgIpc) is 2.12. The van der Waals surface area contributed by atoms with Crippen molar-refractivity contribution in [2.45, 2.75) is 18.7 Å². The van der Waals surface area contributed by atoms with Gasteiger partial charge in [-0.15, -0.1) is 0 Å². The SMILES string of the molecule is Cc1cc(F)cc(C)c1S(=O)(=O)NCC#N. The molecular formula is C10H11FN2O2S. The number of hydrogen-bond acceptors (Lipinski definition) is 3. The summed E-state index contributed by atoms with van der Waals surface area (Å²) in [7, 11) is -3.74. The van der Waals surface area contributed by atoms with E-state index in [9.17, 15) is 12.8 Å². The molecule has 4 nitrogen and oxygen atoms in total. The molecule has 6 heteroatoms. The van der Waals surface area contributed by atoms with Crippen LogP contribution in [0.4, 0.5) is 4.39 Å². The number of benzene rings is 1. The van der Waals surface area contributed by atoms with E-state index >= 15 is 0 Å². The Bertz CT molecular complexity index is 523. The lowest BCUT2D eigenvalue weighted by Crippen LogP contribution is -2.25. The highest BCUT2D eigenvalue weighted by Gasteiger charge is 2.19. The van der Waals surface area contributed by atoms with Gasteiger partial charge in [0.25, 0.3) is 0 Å². The first-order valence-corrected chi connectivity index (χ1v) is 6.00. The molecule has 0 saturated carbocycles. The highest BCUT2D eigenvalue weighted by molar-refractivity contribution is 7.89. The van der Waals surface area contributed by atoms with Crippen LogP contribution in [0.5, 0.6) is 0 Å². The molecule has 0 aliphatic rings. The van der Waals surface area contributed by atoms with Crippen LogP contribution in [-0.2, 0) is 10.0 Å². The Kier molecular flexibility index (Phi) is 3.62. The van der Waals surface area contributed by atoms with Gasteiger partial charge in [0.05, 0.1) is 17.5 Å². The van der Waals surface area contributed by atoms with E-state index in [1.165, 1.54) is 13.8 Å². The first-order valence-electron chi connectivity index (χ1n) is 4.52. The average molecular weight is 242 g/mol. The van der Waals surface area contributed by atoms with Crippen molar-refractivity contribution in [1.82, 2.24) is 4.72 Å². The van der Waals surface area contributed by atoms with Gasteiger partial charge in [-0.1, -0.05) is 0 Å². The Labute approximate surface area is 93.8 Å². The summed E-state index contributed by atoms with van der Waals surface area (Å²) in [6.45, 7) is 2.71. The van der Waals surface area contributed by atoms with Gasteiger partial charge >= 0.3 is 0 Å². The number of nitrogens with one attached hydrogen (secondary N) is 1. The van der Waals surface area contributed by atoms with E-state index < -0.39 is 15.8 Å². The molecule has 0 fully saturated rings. The van der Waals surface area contributed by atoms with E-state index in [-0.39, 0.29) is 11.4 Å². The number of nitrogens with zero attached hydrogens (tertiary/aromatic N) is 1. The van der Waals surface area contributed by atoms with Crippen molar-refractivity contribution in [3.63, 3.8) is 0 Å². The molecule has 0 bridgehead atoms. The fourth-order valence-electron chi connectivity index (χ4n) is 1.52. The van der Waals surface area contributed by atoms with Crippen LogP contribution in [0.3, 0.4) is 0 Å². The van der Waals surface area contributed by atoms with Gasteiger partial charge in [-0.3, -0.25) is 0 Å². The summed E-state index contributed by atoms with van der Waals surface area (Å²) in [5.74, 6) is -0.478. The van der Waals surface area contributed by atoms with E-state index in [4.69, 9.17) is 5.26 Å². The molecule has 0 amide bonds. The molecule has 0 heterocycles. The van der Waals surface area contributed by atoms with Crippen molar-refractivity contribution in [3.05, 3.63) is 29.1 Å². The van der Waals surface area contributed by atoms with Crippen LogP contribution in [0, 0.1) is 31.0 Å². The van der Waals surface area contributed by atoms with Crippen molar-refractivity contribution in [2.75, 3.05) is 6.54 Å². The van der Waals surface area contributed by atoms with Crippen molar-refractivity contribution in [2.24, 2.45) is 0 Å². The van der Waals surface area contributed by atoms with Crippen LogP contribution in [0.2, 0.25) is 0 Å². The van der Waals surface area contributed by atoms with Crippen LogP contribution in [0.15, 0.2) is 17.0 Å². The highest BCUT2D eigenvalue weighted by Crippen LogP contribution is 2.20. The molecule has 1 aromatic carbocycles. The van der Waals surface area contributed by atoms with Crippen LogP contribution in [0.1, 0.15) is 11.1 Å². The Morgan fingerprint density at radius 1 is 1.38 bits per heavy atom. The third kappa shape index (κ3) is 2.56. The third-order valence-corrected chi connectivity index (χ3v) is 3.74. The molecule has 0 aliphatic carbocycles. The summed E-state index contributed by atoms with van der Waals surface area (Å²) in [5.41, 5.74) is 0.644. The minimum Gasteiger partial charge on any atom is -0.207 e. The van der Waals surface area contributed by atoms with Gasteiger partial charge in [0, 0.05) is 0 Å². The summed E-state index contributed by atoms with van der Waals surface area (Å²) < 4.78 is 38.6. The number of hydrogen-bond donors (Lipinski definition) is 1. The van der Waals surface area contributed by atoms with Crippen molar-refractivity contribution in [3.8, 4) is 6.07 Å². The van der Waals surface area contributed by atoms with Gasteiger partial charge in [0.1, 0.15) is 5.82 Å². The maximum absolute atomic E-state index is 13.0. The molecule has 0 saturated heterocycles. The Morgan fingerprint density at radius 3 is 2.31 bits per heavy atom. The zero-order chi connectivity index (χ0) is 12.3. The minimum atomic E-state index is -3.74. The standard InChI is InChI=1S/C10H11FN2O2S/c1-7-5-9(11)6-8(2)10(7)16(14,15)13-4-3-12/h5-6,13H,4H2,1-2H3. The lowest BCUT2D eigenvalue weighted by molar-refractivity contribution is 0.583. The normalized spacial score (nSPS) is 11.1. The zero-order valence-corrected chi connectivity index (χ0v) is 9.73. The maximum Gasteiger partial charge on any atom is 0.242 e. The third-order valence-electron chi connectivity index (χ3n) is 2.04. The van der Waals surface area contributed by atoms with Crippen molar-refractivity contribution >= 4 is 10.0 Å². The summed E-state index contributed by atoms with van der Waals surface area (Å²) in [6, 6.07) is 3.97. The molecule has 1 aromatic rings. The monoisotopic (exact) mass is 242 g/mol. The van der Waals surface area contributed by atoms with Crippen LogP contribution in [-0.4, -0.2) is 15.0 Å². The molecule has 1 rings (SSSR count). The molecule has 0 aliphatic heterocycles. The maximum atomic E-state index is 13.0. The van der Waals surface area contributed by atoms with E-state index in [1.807, 2.05) is 0 Å². The lowest BCUT2D eigenvalue weighted by Gasteiger charge is -2.10. The van der Waals surface area contributed by atoms with Crippen molar-refractivity contribution in [1.29, 1.82) is 5.26 Å². The van der Waals surface area contributed by atoms with E-state index in [2.05, 4.69) is 4.72 Å². The van der Waals surface area contributed by atoms with Gasteiger partial charge in [-0.2, -0.15) is 9.98 Å². The topological polar surface area (TPSA) is 70.0 Å². The summed E-state index contributed by atoms with van der Waals surface area (Å²) >= 11 is 0. The molecule has 0 unspecified atom stereocenters. The Balaban J connectivity index is 3.29. The van der Waals surface area contributed by atoms with Gasteiger partial charge in [-0.05, 0) is 37.1 Å². The second-order valence-corrected chi connectivity index (χ2v) is 5.06. The molecule has 16 heavy (non-hydrogen) atoms. The number of nitriles is 1. The highest BCUT2D eigenvalue weighted by atomic mass is 32.2. The first kappa shape index (κ1) is 12.6. The van der Waals surface area contributed by atoms with Crippen molar-refractivity contribution < 1.29 is 12.8 Å². The molecule has 0 spiro atoms.